The molecule has 2 N–H and O–H groups in total. The van der Waals surface area contributed by atoms with E-state index in [1.165, 1.54) is 9.58 Å². The van der Waals surface area contributed by atoms with Crippen LogP contribution in [0.15, 0.2) is 18.5 Å². The molecule has 0 saturated heterocycles. The molecule has 9 nitrogen and oxygen atoms in total. The van der Waals surface area contributed by atoms with Gasteiger partial charge < -0.3 is 15.5 Å². The highest BCUT2D eigenvalue weighted by Gasteiger charge is 2.17. The molecule has 1 amide bonds. The van der Waals surface area contributed by atoms with E-state index in [2.05, 4.69) is 30.7 Å². The second-order valence-corrected chi connectivity index (χ2v) is 4.58. The molecule has 2 heterocycles. The minimum atomic E-state index is -0.447. The van der Waals surface area contributed by atoms with Gasteiger partial charge in [0, 0.05) is 33.5 Å². The number of hydrogen-bond acceptors (Lipinski definition) is 7. The fourth-order valence-electron chi connectivity index (χ4n) is 1.67. The number of aromatic nitrogens is 5. The average molecular weight is 290 g/mol. The summed E-state index contributed by atoms with van der Waals surface area (Å²) in [5, 5.41) is 9.90. The van der Waals surface area contributed by atoms with Crippen LogP contribution in [0.3, 0.4) is 0 Å². The number of anilines is 2. The minimum Gasteiger partial charge on any atom is -0.357 e. The molecule has 0 aliphatic heterocycles. The van der Waals surface area contributed by atoms with Crippen LogP contribution >= 0.6 is 0 Å². The summed E-state index contributed by atoms with van der Waals surface area (Å²) in [6, 6.07) is 1.33. The Morgan fingerprint density at radius 3 is 2.57 bits per heavy atom. The topological polar surface area (TPSA) is 101 Å². The number of carbonyl (C=O) groups excluding carboxylic acids is 1. The Hall–Kier alpha value is -2.71. The van der Waals surface area contributed by atoms with Crippen LogP contribution in [-0.4, -0.2) is 62.7 Å². The van der Waals surface area contributed by atoms with Crippen molar-refractivity contribution in [2.75, 3.05) is 31.8 Å². The van der Waals surface area contributed by atoms with E-state index in [-0.39, 0.29) is 5.91 Å². The smallest absolute Gasteiger partial charge is 0.257 e. The third-order valence-corrected chi connectivity index (χ3v) is 2.71. The highest BCUT2D eigenvalue weighted by atomic mass is 16.2. The zero-order valence-electron chi connectivity index (χ0n) is 12.4. The predicted molar refractivity (Wildman–Crippen MR) is 78.3 cm³/mol. The van der Waals surface area contributed by atoms with Gasteiger partial charge in [-0.15, -0.1) is 0 Å². The number of carbonyl (C=O) groups is 1. The number of nitrogens with zero attached hydrogens (tertiary/aromatic N) is 6. The maximum absolute atomic E-state index is 11.9. The minimum absolute atomic E-state index is 0.0675. The van der Waals surface area contributed by atoms with E-state index in [0.29, 0.717) is 17.8 Å². The average Bonchev–Trinajstić information content (AvgIpc) is 3.00. The van der Waals surface area contributed by atoms with Crippen LogP contribution in [0.25, 0.3) is 5.95 Å². The van der Waals surface area contributed by atoms with Crippen molar-refractivity contribution in [3.8, 4) is 5.95 Å². The molecule has 1 unspecified atom stereocenters. The molecule has 2 aromatic rings. The van der Waals surface area contributed by atoms with E-state index in [9.17, 15) is 4.79 Å². The van der Waals surface area contributed by atoms with Gasteiger partial charge in [0.25, 0.3) is 5.95 Å². The lowest BCUT2D eigenvalue weighted by atomic mass is 10.3. The lowest BCUT2D eigenvalue weighted by Gasteiger charge is -2.18. The van der Waals surface area contributed by atoms with Gasteiger partial charge >= 0.3 is 0 Å². The molecule has 0 saturated carbocycles. The van der Waals surface area contributed by atoms with Crippen molar-refractivity contribution in [3.05, 3.63) is 18.5 Å². The molecule has 0 fully saturated rings. The molecule has 0 aromatic carbocycles. The van der Waals surface area contributed by atoms with Gasteiger partial charge in [0.1, 0.15) is 6.04 Å². The zero-order valence-corrected chi connectivity index (χ0v) is 12.4. The Labute approximate surface area is 122 Å². The first-order valence-corrected chi connectivity index (χ1v) is 6.43. The van der Waals surface area contributed by atoms with Crippen LogP contribution in [0, 0.1) is 0 Å². The van der Waals surface area contributed by atoms with E-state index in [4.69, 9.17) is 0 Å². The van der Waals surface area contributed by atoms with Crippen molar-refractivity contribution in [1.29, 1.82) is 0 Å². The summed E-state index contributed by atoms with van der Waals surface area (Å²) in [5.74, 6) is 0.999. The molecule has 2 aromatic heterocycles. The van der Waals surface area contributed by atoms with Gasteiger partial charge in [0.05, 0.1) is 0 Å². The Kier molecular flexibility index (Phi) is 4.31. The van der Waals surface area contributed by atoms with Crippen LogP contribution in [0.1, 0.15) is 6.92 Å². The predicted octanol–water partition coefficient (Wildman–Crippen LogP) is -0.0124. The fourth-order valence-corrected chi connectivity index (χ4v) is 1.67. The highest BCUT2D eigenvalue weighted by Crippen LogP contribution is 2.09. The Balaban J connectivity index is 2.27. The van der Waals surface area contributed by atoms with Crippen molar-refractivity contribution in [1.82, 2.24) is 29.6 Å². The molecule has 0 bridgehead atoms. The first kappa shape index (κ1) is 14.7. The summed E-state index contributed by atoms with van der Waals surface area (Å²) in [5.41, 5.74) is 0. The SMILES string of the molecule is CNc1nc(NC(C)C(=O)N(C)C)nc(-n2cccn2)n1. The van der Waals surface area contributed by atoms with E-state index in [1.54, 1.807) is 46.5 Å². The maximum Gasteiger partial charge on any atom is 0.257 e. The van der Waals surface area contributed by atoms with Crippen LogP contribution < -0.4 is 10.6 Å². The van der Waals surface area contributed by atoms with Crippen LogP contribution in [0.4, 0.5) is 11.9 Å². The van der Waals surface area contributed by atoms with Gasteiger partial charge in [0.15, 0.2) is 0 Å². The third kappa shape index (κ3) is 3.44. The summed E-state index contributed by atoms with van der Waals surface area (Å²) < 4.78 is 1.52. The normalized spacial score (nSPS) is 11.8. The van der Waals surface area contributed by atoms with E-state index >= 15 is 0 Å². The van der Waals surface area contributed by atoms with E-state index in [1.807, 2.05) is 0 Å². The zero-order chi connectivity index (χ0) is 15.4. The standard InChI is InChI=1S/C12H18N8O/c1-8(9(21)19(3)4)15-11-16-10(13-2)17-12(18-11)20-7-5-6-14-20/h5-8H,1-4H3,(H2,13,15,16,17,18). The molecule has 21 heavy (non-hydrogen) atoms. The Bertz CT molecular complexity index is 610. The number of hydrogen-bond donors (Lipinski definition) is 2. The highest BCUT2D eigenvalue weighted by molar-refractivity contribution is 5.83. The second-order valence-electron chi connectivity index (χ2n) is 4.58. The summed E-state index contributed by atoms with van der Waals surface area (Å²) in [7, 11) is 5.10. The van der Waals surface area contributed by atoms with Gasteiger partial charge in [-0.3, -0.25) is 4.79 Å². The molecule has 0 aliphatic rings. The Morgan fingerprint density at radius 1 is 1.29 bits per heavy atom. The summed E-state index contributed by atoms with van der Waals surface area (Å²) in [6.45, 7) is 1.75. The molecule has 2 rings (SSSR count). The van der Waals surface area contributed by atoms with Crippen LogP contribution in [0.2, 0.25) is 0 Å². The van der Waals surface area contributed by atoms with Crippen molar-refractivity contribution in [2.45, 2.75) is 13.0 Å². The molecule has 0 spiro atoms. The van der Waals surface area contributed by atoms with Crippen molar-refractivity contribution in [2.24, 2.45) is 0 Å². The number of nitrogens with one attached hydrogen (secondary N) is 2. The molecule has 9 heteroatoms. The quantitative estimate of drug-likeness (QED) is 0.798. The van der Waals surface area contributed by atoms with Crippen molar-refractivity contribution < 1.29 is 4.79 Å². The number of rotatable bonds is 5. The van der Waals surface area contributed by atoms with Crippen LogP contribution in [-0.2, 0) is 4.79 Å². The fraction of sp³-hybridized carbons (Fsp3) is 0.417. The monoisotopic (exact) mass is 290 g/mol. The Morgan fingerprint density at radius 2 is 2.00 bits per heavy atom. The first-order chi connectivity index (χ1) is 10.0. The number of amides is 1. The molecular weight excluding hydrogens is 272 g/mol. The summed E-state index contributed by atoms with van der Waals surface area (Å²) in [4.78, 5) is 26.0. The maximum atomic E-state index is 11.9. The summed E-state index contributed by atoms with van der Waals surface area (Å²) in [6.07, 6.45) is 3.36. The largest absolute Gasteiger partial charge is 0.357 e. The van der Waals surface area contributed by atoms with E-state index in [0.717, 1.165) is 0 Å². The number of likely N-dealkylation sites (N-methyl/N-ethyl adjacent to an activating group) is 1. The van der Waals surface area contributed by atoms with Crippen LogP contribution in [0.5, 0.6) is 0 Å². The molecule has 0 aliphatic carbocycles. The van der Waals surface area contributed by atoms with Gasteiger partial charge in [-0.05, 0) is 13.0 Å². The van der Waals surface area contributed by atoms with Gasteiger partial charge in [-0.1, -0.05) is 0 Å². The van der Waals surface area contributed by atoms with Crippen molar-refractivity contribution >= 4 is 17.8 Å². The molecule has 112 valence electrons. The van der Waals surface area contributed by atoms with E-state index < -0.39 is 6.04 Å². The van der Waals surface area contributed by atoms with Gasteiger partial charge in [0.2, 0.25) is 17.8 Å². The first-order valence-electron chi connectivity index (χ1n) is 6.43. The van der Waals surface area contributed by atoms with Gasteiger partial charge in [-0.2, -0.15) is 20.1 Å². The second kappa shape index (κ2) is 6.16. The summed E-state index contributed by atoms with van der Waals surface area (Å²) >= 11 is 0. The van der Waals surface area contributed by atoms with Gasteiger partial charge in [-0.25, -0.2) is 4.68 Å². The molecule has 1 atom stereocenters. The lowest BCUT2D eigenvalue weighted by Crippen LogP contribution is -2.37. The lowest BCUT2D eigenvalue weighted by molar-refractivity contribution is -0.129. The molecule has 0 radical (unpaired) electrons. The van der Waals surface area contributed by atoms with Crippen molar-refractivity contribution in [3.63, 3.8) is 0 Å². The molecular formula is C12H18N8O. The third-order valence-electron chi connectivity index (χ3n) is 2.71.